The van der Waals surface area contributed by atoms with Gasteiger partial charge in [0.15, 0.2) is 0 Å². The van der Waals surface area contributed by atoms with Crippen molar-refractivity contribution in [2.24, 2.45) is 5.73 Å². The van der Waals surface area contributed by atoms with Crippen molar-refractivity contribution in [1.29, 1.82) is 0 Å². The van der Waals surface area contributed by atoms with Crippen LogP contribution in [-0.4, -0.2) is 4.98 Å². The molecule has 0 amide bonds. The van der Waals surface area contributed by atoms with Gasteiger partial charge in [0, 0.05) is 15.9 Å². The molecule has 0 saturated carbocycles. The Morgan fingerprint density at radius 1 is 1.36 bits per heavy atom. The minimum Gasteiger partial charge on any atom is -0.323 e. The van der Waals surface area contributed by atoms with Crippen molar-refractivity contribution in [2.75, 3.05) is 0 Å². The lowest BCUT2D eigenvalue weighted by Gasteiger charge is -2.08. The van der Waals surface area contributed by atoms with Crippen molar-refractivity contribution in [3.63, 3.8) is 0 Å². The zero-order valence-electron chi connectivity index (χ0n) is 7.87. The lowest BCUT2D eigenvalue weighted by Crippen LogP contribution is -2.08. The molecule has 1 aromatic heterocycles. The summed E-state index contributed by atoms with van der Waals surface area (Å²) in [6.07, 6.45) is 0. The summed E-state index contributed by atoms with van der Waals surface area (Å²) < 4.78 is 0.978. The van der Waals surface area contributed by atoms with Crippen LogP contribution in [0.25, 0.3) is 10.9 Å². The second-order valence-electron chi connectivity index (χ2n) is 3.34. The monoisotopic (exact) mass is 250 g/mol. The molecule has 0 fully saturated rings. The molecule has 1 atom stereocenters. The van der Waals surface area contributed by atoms with E-state index in [1.807, 2.05) is 31.2 Å². The van der Waals surface area contributed by atoms with E-state index in [0.29, 0.717) is 0 Å². The molecular formula is C11H11BrN2. The molecule has 0 saturated heterocycles. The van der Waals surface area contributed by atoms with Crippen LogP contribution in [0.1, 0.15) is 18.7 Å². The van der Waals surface area contributed by atoms with Crippen LogP contribution in [0.4, 0.5) is 0 Å². The van der Waals surface area contributed by atoms with E-state index < -0.39 is 0 Å². The van der Waals surface area contributed by atoms with Crippen molar-refractivity contribution >= 4 is 26.8 Å². The van der Waals surface area contributed by atoms with Crippen molar-refractivity contribution in [2.45, 2.75) is 13.0 Å². The summed E-state index contributed by atoms with van der Waals surface area (Å²) in [5, 5.41) is 1.13. The fourth-order valence-corrected chi connectivity index (χ4v) is 2.12. The van der Waals surface area contributed by atoms with Gasteiger partial charge in [-0.1, -0.05) is 18.2 Å². The van der Waals surface area contributed by atoms with E-state index in [2.05, 4.69) is 27.0 Å². The van der Waals surface area contributed by atoms with Crippen molar-refractivity contribution in [1.82, 2.24) is 4.98 Å². The van der Waals surface area contributed by atoms with E-state index in [-0.39, 0.29) is 6.04 Å². The number of fused-ring (bicyclic) bond motifs is 1. The van der Waals surface area contributed by atoms with Gasteiger partial charge < -0.3 is 5.73 Å². The molecule has 0 bridgehead atoms. The number of nitrogens with two attached hydrogens (primary N) is 1. The summed E-state index contributed by atoms with van der Waals surface area (Å²) in [5.74, 6) is 0. The summed E-state index contributed by atoms with van der Waals surface area (Å²) >= 11 is 3.48. The Kier molecular flexibility index (Phi) is 2.52. The Morgan fingerprint density at radius 3 is 2.79 bits per heavy atom. The van der Waals surface area contributed by atoms with Crippen LogP contribution in [0.3, 0.4) is 0 Å². The normalized spacial score (nSPS) is 13.1. The van der Waals surface area contributed by atoms with E-state index >= 15 is 0 Å². The first-order valence-electron chi connectivity index (χ1n) is 4.49. The Labute approximate surface area is 91.3 Å². The minimum atomic E-state index is -0.0472. The fraction of sp³-hybridized carbons (Fsp3) is 0.182. The van der Waals surface area contributed by atoms with Gasteiger partial charge in [-0.3, -0.25) is 4.98 Å². The predicted molar refractivity (Wildman–Crippen MR) is 62.0 cm³/mol. The van der Waals surface area contributed by atoms with Crippen LogP contribution in [-0.2, 0) is 0 Å². The molecule has 72 valence electrons. The number of halogens is 1. The number of benzene rings is 1. The molecule has 2 N–H and O–H groups in total. The van der Waals surface area contributed by atoms with Gasteiger partial charge in [0.05, 0.1) is 11.2 Å². The van der Waals surface area contributed by atoms with E-state index in [0.717, 1.165) is 21.1 Å². The van der Waals surface area contributed by atoms with Gasteiger partial charge >= 0.3 is 0 Å². The van der Waals surface area contributed by atoms with Crippen LogP contribution in [0.2, 0.25) is 0 Å². The fourth-order valence-electron chi connectivity index (χ4n) is 1.42. The van der Waals surface area contributed by atoms with E-state index in [1.165, 1.54) is 0 Å². The second kappa shape index (κ2) is 3.67. The van der Waals surface area contributed by atoms with Gasteiger partial charge in [-0.25, -0.2) is 0 Å². The number of hydrogen-bond acceptors (Lipinski definition) is 2. The lowest BCUT2D eigenvalue weighted by atomic mass is 10.1. The SMILES string of the molecule is C[C@@H](N)c1nc2ccccc2cc1Br. The van der Waals surface area contributed by atoms with E-state index in [9.17, 15) is 0 Å². The third-order valence-electron chi connectivity index (χ3n) is 2.14. The number of hydrogen-bond donors (Lipinski definition) is 1. The van der Waals surface area contributed by atoms with Gasteiger partial charge in [0.2, 0.25) is 0 Å². The average molecular weight is 251 g/mol. The van der Waals surface area contributed by atoms with Crippen molar-refractivity contribution in [3.8, 4) is 0 Å². The molecule has 2 nitrogen and oxygen atoms in total. The van der Waals surface area contributed by atoms with Crippen molar-refractivity contribution < 1.29 is 0 Å². The predicted octanol–water partition coefficient (Wildman–Crippen LogP) is 3.02. The Bertz CT molecular complexity index is 466. The average Bonchev–Trinajstić information content (AvgIpc) is 2.16. The number of aromatic nitrogens is 1. The number of para-hydroxylation sites is 1. The molecule has 1 aromatic carbocycles. The lowest BCUT2D eigenvalue weighted by molar-refractivity contribution is 0.781. The Morgan fingerprint density at radius 2 is 2.07 bits per heavy atom. The highest BCUT2D eigenvalue weighted by molar-refractivity contribution is 9.10. The summed E-state index contributed by atoms with van der Waals surface area (Å²) in [6, 6.07) is 10.0. The summed E-state index contributed by atoms with van der Waals surface area (Å²) in [4.78, 5) is 4.50. The molecule has 0 unspecified atom stereocenters. The Hall–Kier alpha value is -0.930. The highest BCUT2D eigenvalue weighted by Crippen LogP contribution is 2.24. The molecule has 0 spiro atoms. The molecule has 1 heterocycles. The molecule has 0 aliphatic heterocycles. The molecule has 0 aliphatic carbocycles. The van der Waals surface area contributed by atoms with Crippen LogP contribution < -0.4 is 5.73 Å². The van der Waals surface area contributed by atoms with E-state index in [1.54, 1.807) is 0 Å². The maximum absolute atomic E-state index is 5.81. The number of rotatable bonds is 1. The highest BCUT2D eigenvalue weighted by atomic mass is 79.9. The summed E-state index contributed by atoms with van der Waals surface area (Å²) in [5.41, 5.74) is 7.71. The van der Waals surface area contributed by atoms with Gasteiger partial charge in [0.1, 0.15) is 0 Å². The molecule has 14 heavy (non-hydrogen) atoms. The van der Waals surface area contributed by atoms with Crippen LogP contribution >= 0.6 is 15.9 Å². The van der Waals surface area contributed by atoms with Crippen molar-refractivity contribution in [3.05, 3.63) is 40.5 Å². The van der Waals surface area contributed by atoms with Gasteiger partial charge in [-0.15, -0.1) is 0 Å². The van der Waals surface area contributed by atoms with Gasteiger partial charge in [-0.2, -0.15) is 0 Å². The first-order chi connectivity index (χ1) is 6.68. The zero-order valence-corrected chi connectivity index (χ0v) is 9.45. The summed E-state index contributed by atoms with van der Waals surface area (Å²) in [6.45, 7) is 1.93. The first kappa shape index (κ1) is 9.62. The largest absolute Gasteiger partial charge is 0.323 e. The van der Waals surface area contributed by atoms with Gasteiger partial charge in [-0.05, 0) is 35.0 Å². The maximum Gasteiger partial charge on any atom is 0.0717 e. The smallest absolute Gasteiger partial charge is 0.0717 e. The molecule has 0 radical (unpaired) electrons. The van der Waals surface area contributed by atoms with Crippen LogP contribution in [0.15, 0.2) is 34.8 Å². The first-order valence-corrected chi connectivity index (χ1v) is 5.28. The molecule has 2 rings (SSSR count). The third kappa shape index (κ3) is 1.65. The minimum absolute atomic E-state index is 0.0472. The Balaban J connectivity index is 2.71. The zero-order chi connectivity index (χ0) is 10.1. The quantitative estimate of drug-likeness (QED) is 0.846. The number of pyridine rings is 1. The number of nitrogens with zero attached hydrogens (tertiary/aromatic N) is 1. The highest BCUT2D eigenvalue weighted by Gasteiger charge is 2.07. The molecule has 0 aliphatic rings. The third-order valence-corrected chi connectivity index (χ3v) is 2.77. The standard InChI is InChI=1S/C11H11BrN2/c1-7(13)11-9(12)6-8-4-2-3-5-10(8)14-11/h2-7H,13H2,1H3/t7-/m1/s1. The van der Waals surface area contributed by atoms with Gasteiger partial charge in [0.25, 0.3) is 0 Å². The molecule has 2 aromatic rings. The second-order valence-corrected chi connectivity index (χ2v) is 4.19. The van der Waals surface area contributed by atoms with Crippen LogP contribution in [0.5, 0.6) is 0 Å². The molecule has 3 heteroatoms. The van der Waals surface area contributed by atoms with E-state index in [4.69, 9.17) is 5.73 Å². The summed E-state index contributed by atoms with van der Waals surface area (Å²) in [7, 11) is 0. The van der Waals surface area contributed by atoms with Crippen LogP contribution in [0, 0.1) is 0 Å². The molecular weight excluding hydrogens is 240 g/mol. The topological polar surface area (TPSA) is 38.9 Å². The maximum atomic E-state index is 5.81.